The van der Waals surface area contributed by atoms with Gasteiger partial charge >= 0.3 is 0 Å². The molecule has 152 valence electrons. The Bertz CT molecular complexity index is 874. The van der Waals surface area contributed by atoms with Crippen molar-refractivity contribution in [3.05, 3.63) is 65.5 Å². The maximum atomic E-state index is 12.9. The van der Waals surface area contributed by atoms with Gasteiger partial charge in [0.05, 0.1) is 11.7 Å². The van der Waals surface area contributed by atoms with Crippen LogP contribution < -0.4 is 0 Å². The molecule has 6 nitrogen and oxygen atoms in total. The molecule has 6 heteroatoms. The fourth-order valence-corrected chi connectivity index (χ4v) is 4.60. The number of piperidine rings is 2. The second-order valence-electron chi connectivity index (χ2n) is 8.44. The number of aliphatic hydroxyl groups is 1. The number of pyridine rings is 1. The Morgan fingerprint density at radius 1 is 1.03 bits per heavy atom. The first-order valence-electron chi connectivity index (χ1n) is 10.2. The summed E-state index contributed by atoms with van der Waals surface area (Å²) in [7, 11) is 0. The molecule has 0 saturated carbocycles. The number of aromatic nitrogens is 1. The molecular weight excluding hydrogens is 366 g/mol. The summed E-state index contributed by atoms with van der Waals surface area (Å²) in [4.78, 5) is 33.4. The van der Waals surface area contributed by atoms with Crippen molar-refractivity contribution in [2.45, 2.75) is 32.3 Å². The molecule has 2 fully saturated rings. The van der Waals surface area contributed by atoms with E-state index in [-0.39, 0.29) is 17.2 Å². The molecule has 2 amide bonds. The van der Waals surface area contributed by atoms with E-state index in [2.05, 4.69) is 4.98 Å². The highest BCUT2D eigenvalue weighted by Crippen LogP contribution is 2.40. The Hall–Kier alpha value is -2.73. The Kier molecular flexibility index (Phi) is 5.37. The molecule has 1 atom stereocenters. The van der Waals surface area contributed by atoms with Gasteiger partial charge in [-0.2, -0.15) is 0 Å². The molecule has 0 bridgehead atoms. The smallest absolute Gasteiger partial charge is 0.255 e. The summed E-state index contributed by atoms with van der Waals surface area (Å²) in [6.07, 6.45) is 4.93. The van der Waals surface area contributed by atoms with Gasteiger partial charge < -0.3 is 14.9 Å². The summed E-state index contributed by atoms with van der Waals surface area (Å²) in [5.74, 6) is -0.0334. The average molecular weight is 393 g/mol. The van der Waals surface area contributed by atoms with Crippen molar-refractivity contribution < 1.29 is 14.7 Å². The van der Waals surface area contributed by atoms with Gasteiger partial charge in [-0.15, -0.1) is 0 Å². The second-order valence-corrected chi connectivity index (χ2v) is 8.44. The van der Waals surface area contributed by atoms with Crippen LogP contribution in [0.2, 0.25) is 0 Å². The van der Waals surface area contributed by atoms with Gasteiger partial charge in [0.15, 0.2) is 0 Å². The van der Waals surface area contributed by atoms with Gasteiger partial charge in [-0.25, -0.2) is 0 Å². The van der Waals surface area contributed by atoms with Crippen LogP contribution in [0.4, 0.5) is 0 Å². The molecule has 2 aromatic rings. The molecule has 29 heavy (non-hydrogen) atoms. The van der Waals surface area contributed by atoms with Crippen LogP contribution in [0.1, 0.15) is 45.5 Å². The largest absolute Gasteiger partial charge is 0.391 e. The standard InChI is InChI=1S/C23H27N3O3/c1-17-4-6-18(7-5-17)21(28)25-11-8-23(9-12-25)13-20(27)15-26(16-23)22(29)19-3-2-10-24-14-19/h2-7,10,14,20,27H,8-9,11-13,15-16H2,1H3. The summed E-state index contributed by atoms with van der Waals surface area (Å²) in [5.41, 5.74) is 2.25. The molecule has 2 aliphatic rings. The molecule has 1 aromatic heterocycles. The fourth-order valence-electron chi connectivity index (χ4n) is 4.60. The van der Waals surface area contributed by atoms with Crippen molar-refractivity contribution in [3.63, 3.8) is 0 Å². The second kappa shape index (κ2) is 7.95. The number of likely N-dealkylation sites (tertiary alicyclic amines) is 2. The lowest BCUT2D eigenvalue weighted by atomic mass is 9.71. The van der Waals surface area contributed by atoms with Gasteiger partial charge in [0.1, 0.15) is 0 Å². The van der Waals surface area contributed by atoms with Crippen LogP contribution in [-0.4, -0.2) is 64.0 Å². The SMILES string of the molecule is Cc1ccc(C(=O)N2CCC3(CC2)CC(O)CN(C(=O)c2cccnc2)C3)cc1. The first kappa shape index (κ1) is 19.6. The molecule has 1 N–H and O–H groups in total. The van der Waals surface area contributed by atoms with Crippen LogP contribution in [0.5, 0.6) is 0 Å². The number of nitrogens with zero attached hydrogens (tertiary/aromatic N) is 3. The van der Waals surface area contributed by atoms with Gasteiger partial charge in [-0.3, -0.25) is 14.6 Å². The predicted molar refractivity (Wildman–Crippen MR) is 110 cm³/mol. The zero-order valence-electron chi connectivity index (χ0n) is 16.8. The quantitative estimate of drug-likeness (QED) is 0.851. The fraction of sp³-hybridized carbons (Fsp3) is 0.435. The minimum absolute atomic E-state index is 0.0551. The van der Waals surface area contributed by atoms with E-state index in [1.54, 1.807) is 29.4 Å². The lowest BCUT2D eigenvalue weighted by Gasteiger charge is -2.49. The van der Waals surface area contributed by atoms with Gasteiger partial charge in [0.25, 0.3) is 11.8 Å². The first-order chi connectivity index (χ1) is 14.0. The van der Waals surface area contributed by atoms with E-state index in [4.69, 9.17) is 0 Å². The predicted octanol–water partition coefficient (Wildman–Crippen LogP) is 2.52. The van der Waals surface area contributed by atoms with Crippen LogP contribution in [-0.2, 0) is 0 Å². The van der Waals surface area contributed by atoms with Gasteiger partial charge in [-0.1, -0.05) is 17.7 Å². The summed E-state index contributed by atoms with van der Waals surface area (Å²) in [6.45, 7) is 4.26. The van der Waals surface area contributed by atoms with Crippen LogP contribution >= 0.6 is 0 Å². The Balaban J connectivity index is 1.43. The van der Waals surface area contributed by atoms with E-state index in [9.17, 15) is 14.7 Å². The van der Waals surface area contributed by atoms with Crippen LogP contribution in [0, 0.1) is 12.3 Å². The van der Waals surface area contributed by atoms with Crippen LogP contribution in [0.15, 0.2) is 48.8 Å². The van der Waals surface area contributed by atoms with Crippen molar-refractivity contribution in [2.24, 2.45) is 5.41 Å². The topological polar surface area (TPSA) is 73.7 Å². The molecule has 1 spiro atoms. The highest BCUT2D eigenvalue weighted by atomic mass is 16.3. The number of amides is 2. The van der Waals surface area contributed by atoms with E-state index in [1.165, 1.54) is 0 Å². The molecule has 2 aliphatic heterocycles. The summed E-state index contributed by atoms with van der Waals surface area (Å²) >= 11 is 0. The molecule has 0 radical (unpaired) electrons. The number of hydrogen-bond donors (Lipinski definition) is 1. The van der Waals surface area contributed by atoms with Gasteiger partial charge in [0, 0.05) is 44.1 Å². The number of aliphatic hydroxyl groups excluding tert-OH is 1. The number of aryl methyl sites for hydroxylation is 1. The maximum Gasteiger partial charge on any atom is 0.255 e. The first-order valence-corrected chi connectivity index (χ1v) is 10.2. The van der Waals surface area contributed by atoms with Crippen molar-refractivity contribution in [2.75, 3.05) is 26.2 Å². The molecular formula is C23H27N3O3. The van der Waals surface area contributed by atoms with Gasteiger partial charge in [-0.05, 0) is 55.9 Å². The van der Waals surface area contributed by atoms with E-state index >= 15 is 0 Å². The third-order valence-electron chi connectivity index (χ3n) is 6.23. The zero-order valence-corrected chi connectivity index (χ0v) is 16.8. The number of benzene rings is 1. The lowest BCUT2D eigenvalue weighted by Crippen LogP contribution is -2.55. The molecule has 3 heterocycles. The van der Waals surface area contributed by atoms with E-state index in [0.29, 0.717) is 43.7 Å². The van der Waals surface area contributed by atoms with E-state index in [0.717, 1.165) is 18.4 Å². The van der Waals surface area contributed by atoms with Crippen molar-refractivity contribution in [1.82, 2.24) is 14.8 Å². The van der Waals surface area contributed by atoms with Crippen LogP contribution in [0.25, 0.3) is 0 Å². The highest BCUT2D eigenvalue weighted by Gasteiger charge is 2.43. The molecule has 1 aromatic carbocycles. The van der Waals surface area contributed by atoms with E-state index in [1.807, 2.05) is 36.1 Å². The minimum Gasteiger partial charge on any atom is -0.391 e. The number of rotatable bonds is 2. The number of hydrogen-bond acceptors (Lipinski definition) is 4. The number of carbonyl (C=O) groups excluding carboxylic acids is 2. The Morgan fingerprint density at radius 3 is 2.38 bits per heavy atom. The zero-order chi connectivity index (χ0) is 20.4. The summed E-state index contributed by atoms with van der Waals surface area (Å²) < 4.78 is 0. The molecule has 2 saturated heterocycles. The molecule has 4 rings (SSSR count). The number of carbonyl (C=O) groups is 2. The number of β-amino-alcohol motifs (C(OH)–C–C–N with tert-alkyl or cyclic N) is 1. The summed E-state index contributed by atoms with van der Waals surface area (Å²) in [5, 5.41) is 10.5. The maximum absolute atomic E-state index is 12.9. The normalized spacial score (nSPS) is 21.2. The third kappa shape index (κ3) is 4.17. The van der Waals surface area contributed by atoms with Gasteiger partial charge in [0.2, 0.25) is 0 Å². The average Bonchev–Trinajstić information content (AvgIpc) is 2.74. The van der Waals surface area contributed by atoms with Crippen LogP contribution in [0.3, 0.4) is 0 Å². The van der Waals surface area contributed by atoms with E-state index < -0.39 is 6.10 Å². The monoisotopic (exact) mass is 393 g/mol. The highest BCUT2D eigenvalue weighted by molar-refractivity contribution is 5.94. The van der Waals surface area contributed by atoms with Crippen molar-refractivity contribution in [3.8, 4) is 0 Å². The Labute approximate surface area is 171 Å². The van der Waals surface area contributed by atoms with Crippen molar-refractivity contribution >= 4 is 11.8 Å². The van der Waals surface area contributed by atoms with Crippen molar-refractivity contribution in [1.29, 1.82) is 0 Å². The molecule has 1 unspecified atom stereocenters. The lowest BCUT2D eigenvalue weighted by molar-refractivity contribution is -0.0299. The summed E-state index contributed by atoms with van der Waals surface area (Å²) in [6, 6.07) is 11.2. The Morgan fingerprint density at radius 2 is 1.72 bits per heavy atom. The molecule has 0 aliphatic carbocycles. The minimum atomic E-state index is -0.538. The third-order valence-corrected chi connectivity index (χ3v) is 6.23.